The third-order valence-corrected chi connectivity index (χ3v) is 3.87. The highest BCUT2D eigenvalue weighted by Gasteiger charge is 2.13. The molecule has 0 N–H and O–H groups in total. The standard InChI is InChI=1S/C20H20O5/c1-22-17-8-5-14(12-19(17)23-2)4-7-16(21)15-6-9-18-20(13-15)25-11-3-10-24-18/h4-9,12-13H,3,10-11H2,1-2H3/b7-4+. The number of ketones is 1. The van der Waals surface area contributed by atoms with Crippen molar-refractivity contribution in [2.45, 2.75) is 6.42 Å². The van der Waals surface area contributed by atoms with Crippen LogP contribution in [0, 0.1) is 0 Å². The molecule has 1 heterocycles. The van der Waals surface area contributed by atoms with E-state index in [-0.39, 0.29) is 5.78 Å². The van der Waals surface area contributed by atoms with Gasteiger partial charge in [0.1, 0.15) is 0 Å². The topological polar surface area (TPSA) is 54.0 Å². The van der Waals surface area contributed by atoms with Crippen LogP contribution in [0.2, 0.25) is 0 Å². The van der Waals surface area contributed by atoms with E-state index >= 15 is 0 Å². The number of carbonyl (C=O) groups excluding carboxylic acids is 1. The lowest BCUT2D eigenvalue weighted by Crippen LogP contribution is -1.98. The van der Waals surface area contributed by atoms with Crippen molar-refractivity contribution in [3.8, 4) is 23.0 Å². The molecule has 1 aliphatic heterocycles. The predicted molar refractivity (Wildman–Crippen MR) is 95.0 cm³/mol. The molecule has 25 heavy (non-hydrogen) atoms. The number of allylic oxidation sites excluding steroid dienone is 1. The average molecular weight is 340 g/mol. The molecule has 2 aromatic carbocycles. The summed E-state index contributed by atoms with van der Waals surface area (Å²) >= 11 is 0. The monoisotopic (exact) mass is 340 g/mol. The number of hydrogen-bond donors (Lipinski definition) is 0. The lowest BCUT2D eigenvalue weighted by Gasteiger charge is -2.08. The van der Waals surface area contributed by atoms with E-state index in [1.165, 1.54) is 6.08 Å². The van der Waals surface area contributed by atoms with Gasteiger partial charge in [0, 0.05) is 12.0 Å². The summed E-state index contributed by atoms with van der Waals surface area (Å²) in [4.78, 5) is 12.4. The number of benzene rings is 2. The molecule has 0 atom stereocenters. The molecule has 1 aliphatic rings. The Morgan fingerprint density at radius 3 is 2.48 bits per heavy atom. The van der Waals surface area contributed by atoms with Crippen molar-refractivity contribution in [1.29, 1.82) is 0 Å². The Morgan fingerprint density at radius 2 is 1.72 bits per heavy atom. The summed E-state index contributed by atoms with van der Waals surface area (Å²) < 4.78 is 21.7. The van der Waals surface area contributed by atoms with Crippen LogP contribution in [0.5, 0.6) is 23.0 Å². The van der Waals surface area contributed by atoms with Crippen LogP contribution in [0.4, 0.5) is 0 Å². The van der Waals surface area contributed by atoms with Gasteiger partial charge in [0.25, 0.3) is 0 Å². The summed E-state index contributed by atoms with van der Waals surface area (Å²) in [7, 11) is 3.16. The van der Waals surface area contributed by atoms with E-state index in [1.54, 1.807) is 44.6 Å². The van der Waals surface area contributed by atoms with E-state index in [2.05, 4.69) is 0 Å². The van der Waals surface area contributed by atoms with Crippen molar-refractivity contribution in [2.75, 3.05) is 27.4 Å². The number of methoxy groups -OCH3 is 2. The maximum absolute atomic E-state index is 12.4. The predicted octanol–water partition coefficient (Wildman–Crippen LogP) is 3.76. The van der Waals surface area contributed by atoms with Crippen LogP contribution in [0.1, 0.15) is 22.3 Å². The Morgan fingerprint density at radius 1 is 0.960 bits per heavy atom. The highest BCUT2D eigenvalue weighted by atomic mass is 16.5. The Balaban J connectivity index is 1.78. The Hall–Kier alpha value is -2.95. The molecular formula is C20H20O5. The fourth-order valence-electron chi connectivity index (χ4n) is 2.54. The van der Waals surface area contributed by atoms with E-state index in [1.807, 2.05) is 12.1 Å². The van der Waals surface area contributed by atoms with Crippen molar-refractivity contribution in [1.82, 2.24) is 0 Å². The zero-order valence-corrected chi connectivity index (χ0v) is 14.3. The Labute approximate surface area is 146 Å². The first-order valence-electron chi connectivity index (χ1n) is 8.05. The van der Waals surface area contributed by atoms with Gasteiger partial charge in [-0.25, -0.2) is 0 Å². The molecule has 0 unspecified atom stereocenters. The third-order valence-electron chi connectivity index (χ3n) is 3.87. The summed E-state index contributed by atoms with van der Waals surface area (Å²) in [5.41, 5.74) is 1.40. The molecule has 2 aromatic rings. The minimum Gasteiger partial charge on any atom is -0.493 e. The van der Waals surface area contributed by atoms with Crippen molar-refractivity contribution in [2.24, 2.45) is 0 Å². The maximum Gasteiger partial charge on any atom is 0.185 e. The molecule has 0 amide bonds. The van der Waals surface area contributed by atoms with E-state index in [0.717, 1.165) is 12.0 Å². The molecule has 3 rings (SSSR count). The van der Waals surface area contributed by atoms with Crippen LogP contribution in [-0.4, -0.2) is 33.2 Å². The fraction of sp³-hybridized carbons (Fsp3) is 0.250. The molecule has 5 nitrogen and oxygen atoms in total. The van der Waals surface area contributed by atoms with Crippen molar-refractivity contribution < 1.29 is 23.7 Å². The minimum atomic E-state index is -0.106. The molecule has 130 valence electrons. The average Bonchev–Trinajstić information content (AvgIpc) is 2.90. The van der Waals surface area contributed by atoms with E-state index in [0.29, 0.717) is 41.8 Å². The van der Waals surface area contributed by atoms with Gasteiger partial charge in [0.15, 0.2) is 28.8 Å². The molecule has 0 spiro atoms. The van der Waals surface area contributed by atoms with Gasteiger partial charge in [-0.1, -0.05) is 12.1 Å². The molecule has 0 aliphatic carbocycles. The highest BCUT2D eigenvalue weighted by molar-refractivity contribution is 6.07. The first kappa shape index (κ1) is 16.9. The molecule has 0 radical (unpaired) electrons. The van der Waals surface area contributed by atoms with Gasteiger partial charge in [-0.2, -0.15) is 0 Å². The molecule has 0 saturated carbocycles. The van der Waals surface area contributed by atoms with Crippen molar-refractivity contribution in [3.05, 3.63) is 53.6 Å². The lowest BCUT2D eigenvalue weighted by atomic mass is 10.1. The third kappa shape index (κ3) is 3.94. The fourth-order valence-corrected chi connectivity index (χ4v) is 2.54. The van der Waals surface area contributed by atoms with Crippen LogP contribution < -0.4 is 18.9 Å². The number of fused-ring (bicyclic) bond motifs is 1. The molecule has 0 bridgehead atoms. The van der Waals surface area contributed by atoms with Gasteiger partial charge >= 0.3 is 0 Å². The SMILES string of the molecule is COc1ccc(/C=C/C(=O)c2ccc3c(c2)OCCCO3)cc1OC. The molecule has 0 fully saturated rings. The minimum absolute atomic E-state index is 0.106. The maximum atomic E-state index is 12.4. The summed E-state index contributed by atoms with van der Waals surface area (Å²) in [6.07, 6.45) is 4.10. The second-order valence-electron chi connectivity index (χ2n) is 5.52. The van der Waals surface area contributed by atoms with Crippen LogP contribution >= 0.6 is 0 Å². The first-order valence-corrected chi connectivity index (χ1v) is 8.05. The summed E-state index contributed by atoms with van der Waals surface area (Å²) in [6, 6.07) is 10.7. The van der Waals surface area contributed by atoms with E-state index in [4.69, 9.17) is 18.9 Å². The second kappa shape index (κ2) is 7.75. The summed E-state index contributed by atoms with van der Waals surface area (Å²) in [5, 5.41) is 0. The number of ether oxygens (including phenoxy) is 4. The van der Waals surface area contributed by atoms with Crippen LogP contribution in [-0.2, 0) is 0 Å². The zero-order chi connectivity index (χ0) is 17.6. The first-order chi connectivity index (χ1) is 12.2. The molecule has 5 heteroatoms. The zero-order valence-electron chi connectivity index (χ0n) is 14.3. The molecule has 0 aromatic heterocycles. The number of carbonyl (C=O) groups is 1. The second-order valence-corrected chi connectivity index (χ2v) is 5.52. The van der Waals surface area contributed by atoms with Crippen LogP contribution in [0.3, 0.4) is 0 Å². The van der Waals surface area contributed by atoms with Gasteiger partial charge < -0.3 is 18.9 Å². The molecular weight excluding hydrogens is 320 g/mol. The van der Waals surface area contributed by atoms with E-state index in [9.17, 15) is 4.79 Å². The van der Waals surface area contributed by atoms with Gasteiger partial charge in [-0.3, -0.25) is 4.79 Å². The lowest BCUT2D eigenvalue weighted by molar-refractivity contribution is 0.104. The van der Waals surface area contributed by atoms with Gasteiger partial charge in [-0.05, 0) is 42.0 Å². The highest BCUT2D eigenvalue weighted by Crippen LogP contribution is 2.31. The smallest absolute Gasteiger partial charge is 0.185 e. The Kier molecular flexibility index (Phi) is 5.23. The number of hydrogen-bond acceptors (Lipinski definition) is 5. The van der Waals surface area contributed by atoms with Crippen LogP contribution in [0.25, 0.3) is 6.08 Å². The molecule has 0 saturated heterocycles. The van der Waals surface area contributed by atoms with Crippen molar-refractivity contribution in [3.63, 3.8) is 0 Å². The summed E-state index contributed by atoms with van der Waals surface area (Å²) in [5.74, 6) is 2.45. The van der Waals surface area contributed by atoms with E-state index < -0.39 is 0 Å². The van der Waals surface area contributed by atoms with Crippen molar-refractivity contribution >= 4 is 11.9 Å². The van der Waals surface area contributed by atoms with Gasteiger partial charge in [0.05, 0.1) is 27.4 Å². The Bertz CT molecular complexity index is 795. The van der Waals surface area contributed by atoms with Gasteiger partial charge in [-0.15, -0.1) is 0 Å². The van der Waals surface area contributed by atoms with Crippen LogP contribution in [0.15, 0.2) is 42.5 Å². The largest absolute Gasteiger partial charge is 0.493 e. The number of rotatable bonds is 5. The summed E-state index contributed by atoms with van der Waals surface area (Å²) in [6.45, 7) is 1.21. The quantitative estimate of drug-likeness (QED) is 0.613. The van der Waals surface area contributed by atoms with Gasteiger partial charge in [0.2, 0.25) is 0 Å². The normalized spacial score (nSPS) is 13.4.